The number of pyridine rings is 2. The van der Waals surface area contributed by atoms with Crippen LogP contribution in [-0.4, -0.2) is 9.97 Å². The number of nitrogens with zero attached hydrogens (tertiary/aromatic N) is 1. The van der Waals surface area contributed by atoms with Gasteiger partial charge in [0.15, 0.2) is 0 Å². The van der Waals surface area contributed by atoms with E-state index in [0.717, 1.165) is 37.0 Å². The van der Waals surface area contributed by atoms with E-state index in [4.69, 9.17) is 4.74 Å². The summed E-state index contributed by atoms with van der Waals surface area (Å²) in [6.07, 6.45) is 0. The molecule has 0 bridgehead atoms. The molecule has 0 amide bonds. The number of hydrogen-bond acceptors (Lipinski definition) is 3. The fourth-order valence-electron chi connectivity index (χ4n) is 2.19. The van der Waals surface area contributed by atoms with Crippen LogP contribution in [0.15, 0.2) is 56.2 Å². The molecular formula is C21H22Br2N2O2. The highest BCUT2D eigenvalue weighted by molar-refractivity contribution is 9.10. The summed E-state index contributed by atoms with van der Waals surface area (Å²) in [6.45, 7) is 8.39. The molecule has 4 nitrogen and oxygen atoms in total. The molecule has 1 N–H and O–H groups in total. The number of aryl methyl sites for hydroxylation is 2. The number of rotatable bonds is 3. The summed E-state index contributed by atoms with van der Waals surface area (Å²) in [5, 5.41) is 0. The second-order valence-corrected chi connectivity index (χ2v) is 7.87. The molecule has 0 saturated carbocycles. The van der Waals surface area contributed by atoms with Crippen LogP contribution >= 0.6 is 31.9 Å². The van der Waals surface area contributed by atoms with E-state index in [1.807, 2.05) is 64.1 Å². The van der Waals surface area contributed by atoms with Gasteiger partial charge < -0.3 is 9.72 Å². The average molecular weight is 494 g/mol. The number of aromatic amines is 1. The molecule has 0 spiro atoms. The lowest BCUT2D eigenvalue weighted by atomic mass is 10.2. The normalized spacial score (nSPS) is 10.1. The van der Waals surface area contributed by atoms with Gasteiger partial charge in [-0.3, -0.25) is 4.79 Å². The zero-order chi connectivity index (χ0) is 20.0. The maximum atomic E-state index is 10.8. The summed E-state index contributed by atoms with van der Waals surface area (Å²) >= 11 is 6.78. The first-order valence-electron chi connectivity index (χ1n) is 8.44. The van der Waals surface area contributed by atoms with Crippen molar-refractivity contribution in [1.82, 2.24) is 9.97 Å². The maximum absolute atomic E-state index is 10.8. The van der Waals surface area contributed by atoms with Crippen molar-refractivity contribution in [3.63, 3.8) is 0 Å². The van der Waals surface area contributed by atoms with Crippen LogP contribution in [0.1, 0.15) is 28.1 Å². The second-order valence-electron chi connectivity index (χ2n) is 6.16. The lowest BCUT2D eigenvalue weighted by Gasteiger charge is -2.09. The van der Waals surface area contributed by atoms with Gasteiger partial charge in [0.05, 0.1) is 0 Å². The summed E-state index contributed by atoms with van der Waals surface area (Å²) in [7, 11) is 0. The van der Waals surface area contributed by atoms with Crippen molar-refractivity contribution < 1.29 is 4.74 Å². The van der Waals surface area contributed by atoms with Crippen molar-refractivity contribution in [2.24, 2.45) is 0 Å². The van der Waals surface area contributed by atoms with Gasteiger partial charge in [0, 0.05) is 32.5 Å². The summed E-state index contributed by atoms with van der Waals surface area (Å²) in [5.74, 6) is 0.656. The molecule has 3 rings (SSSR count). The Balaban J connectivity index is 0.000000223. The zero-order valence-corrected chi connectivity index (χ0v) is 18.9. The monoisotopic (exact) mass is 492 g/mol. The third-order valence-electron chi connectivity index (χ3n) is 4.15. The van der Waals surface area contributed by atoms with Crippen LogP contribution in [0.3, 0.4) is 0 Å². The van der Waals surface area contributed by atoms with E-state index in [-0.39, 0.29) is 5.56 Å². The first-order valence-corrected chi connectivity index (χ1v) is 10.0. The van der Waals surface area contributed by atoms with Crippen molar-refractivity contribution in [2.75, 3.05) is 0 Å². The van der Waals surface area contributed by atoms with Gasteiger partial charge in [-0.2, -0.15) is 0 Å². The molecule has 2 heterocycles. The number of H-pyrrole nitrogens is 1. The van der Waals surface area contributed by atoms with Crippen LogP contribution in [0.5, 0.6) is 5.88 Å². The van der Waals surface area contributed by atoms with Crippen LogP contribution in [0, 0.1) is 27.7 Å². The molecule has 0 unspecified atom stereocenters. The van der Waals surface area contributed by atoms with E-state index in [1.54, 1.807) is 0 Å². The number of hydrogen-bond donors (Lipinski definition) is 1. The van der Waals surface area contributed by atoms with Crippen molar-refractivity contribution in [2.45, 2.75) is 34.3 Å². The minimum Gasteiger partial charge on any atom is -0.473 e. The SMILES string of the molecule is Cc1[nH]c(=O)cc(Br)c1C.Cc1nc(OCc2ccccc2)cc(Br)c1C. The molecule has 0 aliphatic heterocycles. The molecule has 27 heavy (non-hydrogen) atoms. The topological polar surface area (TPSA) is 55.0 Å². The lowest BCUT2D eigenvalue weighted by Crippen LogP contribution is -2.06. The molecule has 0 aliphatic carbocycles. The fraction of sp³-hybridized carbons (Fsp3) is 0.238. The highest BCUT2D eigenvalue weighted by Crippen LogP contribution is 2.23. The van der Waals surface area contributed by atoms with E-state index < -0.39 is 0 Å². The van der Waals surface area contributed by atoms with Gasteiger partial charge >= 0.3 is 0 Å². The molecule has 142 valence electrons. The Morgan fingerprint density at radius 1 is 0.963 bits per heavy atom. The molecule has 0 atom stereocenters. The summed E-state index contributed by atoms with van der Waals surface area (Å²) in [5.41, 5.74) is 5.22. The van der Waals surface area contributed by atoms with Gasteiger partial charge in [-0.05, 0) is 44.4 Å². The van der Waals surface area contributed by atoms with Gasteiger partial charge in [-0.1, -0.05) is 62.2 Å². The number of halogens is 2. The molecule has 0 aliphatic rings. The van der Waals surface area contributed by atoms with Crippen LogP contribution in [0.4, 0.5) is 0 Å². The van der Waals surface area contributed by atoms with Gasteiger partial charge in [0.1, 0.15) is 6.61 Å². The van der Waals surface area contributed by atoms with Gasteiger partial charge in [-0.25, -0.2) is 4.98 Å². The van der Waals surface area contributed by atoms with Crippen molar-refractivity contribution in [3.8, 4) is 5.88 Å². The zero-order valence-electron chi connectivity index (χ0n) is 15.8. The number of benzene rings is 1. The van der Waals surface area contributed by atoms with Gasteiger partial charge in [0.2, 0.25) is 11.4 Å². The number of nitrogens with one attached hydrogen (secondary N) is 1. The van der Waals surface area contributed by atoms with Crippen molar-refractivity contribution in [3.05, 3.63) is 89.8 Å². The summed E-state index contributed by atoms with van der Waals surface area (Å²) in [4.78, 5) is 17.9. The quantitative estimate of drug-likeness (QED) is 0.502. The Bertz CT molecular complexity index is 920. The standard InChI is InChI=1S/C14H14BrNO.C7H8BrNO/c1-10-11(2)16-14(8-13(10)15)17-9-12-6-4-3-5-7-12;1-4-5(2)9-7(10)3-6(4)8/h3-8H,9H2,1-2H3;3H,1-2H3,(H,9,10). The first kappa shape index (κ1) is 21.4. The Morgan fingerprint density at radius 3 is 2.19 bits per heavy atom. The predicted octanol–water partition coefficient (Wildman–Crippen LogP) is 5.79. The molecule has 0 radical (unpaired) electrons. The Morgan fingerprint density at radius 2 is 1.59 bits per heavy atom. The van der Waals surface area contributed by atoms with Crippen LogP contribution in [-0.2, 0) is 6.61 Å². The Labute approximate surface area is 176 Å². The van der Waals surface area contributed by atoms with Crippen molar-refractivity contribution in [1.29, 1.82) is 0 Å². The highest BCUT2D eigenvalue weighted by atomic mass is 79.9. The molecule has 1 aromatic carbocycles. The smallest absolute Gasteiger partial charge is 0.249 e. The molecule has 0 fully saturated rings. The summed E-state index contributed by atoms with van der Waals surface area (Å²) < 4.78 is 7.57. The summed E-state index contributed by atoms with van der Waals surface area (Å²) in [6, 6.07) is 13.5. The largest absolute Gasteiger partial charge is 0.473 e. The second kappa shape index (κ2) is 9.85. The van der Waals surface area contributed by atoms with Gasteiger partial charge in [-0.15, -0.1) is 0 Å². The highest BCUT2D eigenvalue weighted by Gasteiger charge is 2.04. The van der Waals surface area contributed by atoms with E-state index in [9.17, 15) is 4.79 Å². The molecular weight excluding hydrogens is 472 g/mol. The third-order valence-corrected chi connectivity index (χ3v) is 5.80. The fourth-order valence-corrected chi connectivity index (χ4v) is 3.18. The van der Waals surface area contributed by atoms with E-state index in [2.05, 4.69) is 41.8 Å². The Hall–Kier alpha value is -1.92. The van der Waals surface area contributed by atoms with Crippen LogP contribution in [0.25, 0.3) is 0 Å². The third kappa shape index (κ3) is 6.33. The molecule has 6 heteroatoms. The van der Waals surface area contributed by atoms with Crippen molar-refractivity contribution >= 4 is 31.9 Å². The lowest BCUT2D eigenvalue weighted by molar-refractivity contribution is 0.293. The first-order chi connectivity index (χ1) is 12.8. The number of ether oxygens (including phenoxy) is 1. The molecule has 0 saturated heterocycles. The van der Waals surface area contributed by atoms with Crippen LogP contribution in [0.2, 0.25) is 0 Å². The maximum Gasteiger partial charge on any atom is 0.249 e. The van der Waals surface area contributed by atoms with E-state index in [1.165, 1.54) is 6.07 Å². The molecule has 2 aromatic heterocycles. The number of aromatic nitrogens is 2. The minimum atomic E-state index is -0.0602. The Kier molecular flexibility index (Phi) is 7.80. The minimum absolute atomic E-state index is 0.0602. The predicted molar refractivity (Wildman–Crippen MR) is 116 cm³/mol. The molecule has 3 aromatic rings. The van der Waals surface area contributed by atoms with Gasteiger partial charge in [0.25, 0.3) is 0 Å². The van der Waals surface area contributed by atoms with E-state index >= 15 is 0 Å². The van der Waals surface area contributed by atoms with E-state index in [0.29, 0.717) is 12.5 Å². The van der Waals surface area contributed by atoms with Crippen LogP contribution < -0.4 is 10.3 Å². The average Bonchev–Trinajstić information content (AvgIpc) is 2.63.